The van der Waals surface area contributed by atoms with E-state index >= 15 is 0 Å². The lowest BCUT2D eigenvalue weighted by molar-refractivity contribution is -0.113. The van der Waals surface area contributed by atoms with Gasteiger partial charge >= 0.3 is 0 Å². The Morgan fingerprint density at radius 1 is 1.11 bits per heavy atom. The van der Waals surface area contributed by atoms with E-state index in [2.05, 4.69) is 5.32 Å². The van der Waals surface area contributed by atoms with Gasteiger partial charge in [0.1, 0.15) is 5.69 Å². The van der Waals surface area contributed by atoms with Crippen LogP contribution in [0.15, 0.2) is 59.4 Å². The molecule has 0 bridgehead atoms. The second-order valence-electron chi connectivity index (χ2n) is 6.07. The second-order valence-corrected chi connectivity index (χ2v) is 7.46. The molecule has 0 fully saturated rings. The Bertz CT molecular complexity index is 1010. The first kappa shape index (κ1) is 19.3. The van der Waals surface area contributed by atoms with E-state index in [9.17, 15) is 9.59 Å². The standard InChI is InChI=1S/C20H20ClN3O2S/c1-14-19(20(26)24(23(14)2)16-9-4-3-5-10-16)22-18(25)13-27-12-15-8-6-7-11-17(15)21/h3-11H,12-13H2,1-2H3,(H,22,25). The smallest absolute Gasteiger partial charge is 0.295 e. The third-order valence-electron chi connectivity index (χ3n) is 4.27. The zero-order valence-electron chi connectivity index (χ0n) is 15.1. The molecular formula is C20H20ClN3O2S. The molecule has 1 N–H and O–H groups in total. The van der Waals surface area contributed by atoms with Gasteiger partial charge in [-0.2, -0.15) is 0 Å². The van der Waals surface area contributed by atoms with Gasteiger partial charge in [0.15, 0.2) is 0 Å². The summed E-state index contributed by atoms with van der Waals surface area (Å²) in [5.74, 6) is 0.664. The van der Waals surface area contributed by atoms with Gasteiger partial charge in [0.05, 0.1) is 17.1 Å². The van der Waals surface area contributed by atoms with Crippen LogP contribution in [0.4, 0.5) is 5.69 Å². The first-order chi connectivity index (χ1) is 13.0. The topological polar surface area (TPSA) is 56.0 Å². The summed E-state index contributed by atoms with van der Waals surface area (Å²) in [5.41, 5.74) is 2.50. The maximum absolute atomic E-state index is 12.8. The number of carbonyl (C=O) groups excluding carboxylic acids is 1. The van der Waals surface area contributed by atoms with Gasteiger partial charge in [-0.15, -0.1) is 11.8 Å². The maximum atomic E-state index is 12.8. The van der Waals surface area contributed by atoms with E-state index in [0.29, 0.717) is 22.2 Å². The van der Waals surface area contributed by atoms with Crippen molar-refractivity contribution >= 4 is 35.0 Å². The Morgan fingerprint density at radius 3 is 2.48 bits per heavy atom. The van der Waals surface area contributed by atoms with Crippen molar-refractivity contribution < 1.29 is 4.79 Å². The molecule has 0 radical (unpaired) electrons. The molecule has 0 aliphatic carbocycles. The Morgan fingerprint density at radius 2 is 1.78 bits per heavy atom. The molecule has 1 heterocycles. The number of anilines is 1. The van der Waals surface area contributed by atoms with Gasteiger partial charge in [-0.3, -0.25) is 14.3 Å². The number of nitrogens with one attached hydrogen (secondary N) is 1. The van der Waals surface area contributed by atoms with Crippen LogP contribution in [-0.2, 0) is 17.6 Å². The third kappa shape index (κ3) is 4.28. The number of para-hydroxylation sites is 1. The molecule has 140 valence electrons. The van der Waals surface area contributed by atoms with E-state index in [-0.39, 0.29) is 17.2 Å². The molecule has 0 saturated heterocycles. The molecule has 1 aromatic heterocycles. The summed E-state index contributed by atoms with van der Waals surface area (Å²) >= 11 is 7.58. The molecule has 27 heavy (non-hydrogen) atoms. The monoisotopic (exact) mass is 401 g/mol. The Hall–Kier alpha value is -2.44. The largest absolute Gasteiger partial charge is 0.319 e. The first-order valence-corrected chi connectivity index (χ1v) is 9.97. The number of halogens is 1. The highest BCUT2D eigenvalue weighted by Gasteiger charge is 2.18. The van der Waals surface area contributed by atoms with Crippen LogP contribution in [0.25, 0.3) is 5.69 Å². The van der Waals surface area contributed by atoms with Crippen molar-refractivity contribution in [3.05, 3.63) is 81.2 Å². The Balaban J connectivity index is 1.70. The number of aromatic nitrogens is 2. The summed E-state index contributed by atoms with van der Waals surface area (Å²) in [7, 11) is 1.80. The van der Waals surface area contributed by atoms with E-state index in [1.165, 1.54) is 11.8 Å². The maximum Gasteiger partial charge on any atom is 0.295 e. The Kier molecular flexibility index (Phi) is 6.08. The summed E-state index contributed by atoms with van der Waals surface area (Å²) in [6.07, 6.45) is 0. The van der Waals surface area contributed by atoms with Crippen molar-refractivity contribution in [2.45, 2.75) is 12.7 Å². The molecule has 1 amide bonds. The second kappa shape index (κ2) is 8.50. The van der Waals surface area contributed by atoms with E-state index in [0.717, 1.165) is 11.3 Å². The highest BCUT2D eigenvalue weighted by Crippen LogP contribution is 2.21. The SMILES string of the molecule is Cc1c(NC(=O)CSCc2ccccc2Cl)c(=O)n(-c2ccccc2)n1C. The van der Waals surface area contributed by atoms with Gasteiger partial charge in [-0.05, 0) is 30.7 Å². The molecule has 0 spiro atoms. The van der Waals surface area contributed by atoms with Gasteiger partial charge in [0.2, 0.25) is 5.91 Å². The molecule has 3 rings (SSSR count). The van der Waals surface area contributed by atoms with Gasteiger partial charge < -0.3 is 5.32 Å². The molecule has 3 aromatic rings. The van der Waals surface area contributed by atoms with Gasteiger partial charge in [0.25, 0.3) is 5.56 Å². The number of benzene rings is 2. The fourth-order valence-corrected chi connectivity index (χ4v) is 3.87. The summed E-state index contributed by atoms with van der Waals surface area (Å²) in [5, 5.41) is 3.45. The average Bonchev–Trinajstić information content (AvgIpc) is 2.87. The number of rotatable bonds is 6. The van der Waals surface area contributed by atoms with Crippen LogP contribution in [0, 0.1) is 6.92 Å². The molecule has 2 aromatic carbocycles. The quantitative estimate of drug-likeness (QED) is 0.679. The molecule has 0 atom stereocenters. The zero-order valence-corrected chi connectivity index (χ0v) is 16.7. The van der Waals surface area contributed by atoms with Crippen molar-refractivity contribution in [3.8, 4) is 5.69 Å². The molecule has 5 nitrogen and oxygen atoms in total. The van der Waals surface area contributed by atoms with Crippen molar-refractivity contribution in [3.63, 3.8) is 0 Å². The van der Waals surface area contributed by atoms with Crippen LogP contribution in [0.3, 0.4) is 0 Å². The lowest BCUT2D eigenvalue weighted by atomic mass is 10.2. The number of nitrogens with zero attached hydrogens (tertiary/aromatic N) is 2. The molecule has 0 aliphatic rings. The van der Waals surface area contributed by atoms with Crippen LogP contribution >= 0.6 is 23.4 Å². The molecule has 0 unspecified atom stereocenters. The van der Waals surface area contributed by atoms with Crippen LogP contribution in [0.2, 0.25) is 5.02 Å². The molecule has 0 saturated carbocycles. The highest BCUT2D eigenvalue weighted by molar-refractivity contribution is 7.99. The minimum atomic E-state index is -0.245. The lowest BCUT2D eigenvalue weighted by Gasteiger charge is -2.07. The number of thioether (sulfide) groups is 1. The van der Waals surface area contributed by atoms with Crippen LogP contribution in [0.5, 0.6) is 0 Å². The van der Waals surface area contributed by atoms with Gasteiger partial charge in [-0.25, -0.2) is 4.68 Å². The number of hydrogen-bond acceptors (Lipinski definition) is 3. The first-order valence-electron chi connectivity index (χ1n) is 8.44. The summed E-state index contributed by atoms with van der Waals surface area (Å²) in [4.78, 5) is 25.1. The Labute approximate surface area is 166 Å². The predicted octanol–water partition coefficient (Wildman–Crippen LogP) is 4.01. The van der Waals surface area contributed by atoms with Gasteiger partial charge in [0, 0.05) is 17.8 Å². The van der Waals surface area contributed by atoms with Gasteiger partial charge in [-0.1, -0.05) is 48.0 Å². The minimum Gasteiger partial charge on any atom is -0.319 e. The number of carbonyl (C=O) groups is 1. The lowest BCUT2D eigenvalue weighted by Crippen LogP contribution is -2.23. The van der Waals surface area contributed by atoms with Crippen molar-refractivity contribution in [1.82, 2.24) is 9.36 Å². The summed E-state index contributed by atoms with van der Waals surface area (Å²) in [6.45, 7) is 1.81. The van der Waals surface area contributed by atoms with Crippen LogP contribution < -0.4 is 10.9 Å². The summed E-state index contributed by atoms with van der Waals surface area (Å²) in [6, 6.07) is 16.9. The third-order valence-corrected chi connectivity index (χ3v) is 5.62. The van der Waals surface area contributed by atoms with E-state index in [1.807, 2.05) is 61.5 Å². The molecular weight excluding hydrogens is 382 g/mol. The highest BCUT2D eigenvalue weighted by atomic mass is 35.5. The van der Waals surface area contributed by atoms with Crippen molar-refractivity contribution in [1.29, 1.82) is 0 Å². The van der Waals surface area contributed by atoms with E-state index < -0.39 is 0 Å². The van der Waals surface area contributed by atoms with E-state index in [4.69, 9.17) is 11.6 Å². The van der Waals surface area contributed by atoms with Crippen molar-refractivity contribution in [2.75, 3.05) is 11.1 Å². The summed E-state index contributed by atoms with van der Waals surface area (Å²) < 4.78 is 3.28. The molecule has 0 aliphatic heterocycles. The zero-order chi connectivity index (χ0) is 19.4. The van der Waals surface area contributed by atoms with Crippen LogP contribution in [-0.4, -0.2) is 21.0 Å². The predicted molar refractivity (Wildman–Crippen MR) is 112 cm³/mol. The fraction of sp³-hybridized carbons (Fsp3) is 0.200. The fourth-order valence-electron chi connectivity index (χ4n) is 2.76. The average molecular weight is 402 g/mol. The molecule has 7 heteroatoms. The van der Waals surface area contributed by atoms with Crippen molar-refractivity contribution in [2.24, 2.45) is 7.05 Å². The number of hydrogen-bond donors (Lipinski definition) is 1. The van der Waals surface area contributed by atoms with Crippen LogP contribution in [0.1, 0.15) is 11.3 Å². The van der Waals surface area contributed by atoms with E-state index in [1.54, 1.807) is 16.4 Å². The normalized spacial score (nSPS) is 10.8. The number of amides is 1. The minimum absolute atomic E-state index is 0.210.